The van der Waals surface area contributed by atoms with Crippen molar-refractivity contribution < 1.29 is 33.5 Å². The van der Waals surface area contributed by atoms with E-state index in [1.807, 2.05) is 58.0 Å². The van der Waals surface area contributed by atoms with Gasteiger partial charge in [-0.25, -0.2) is 4.79 Å². The van der Waals surface area contributed by atoms with Crippen LogP contribution >= 0.6 is 0 Å². The predicted molar refractivity (Wildman–Crippen MR) is 205 cm³/mol. The number of ketones is 2. The molecule has 290 valence electrons. The molecule has 12 heteroatoms. The Morgan fingerprint density at radius 3 is 2.11 bits per heavy atom. The summed E-state index contributed by atoms with van der Waals surface area (Å²) in [7, 11) is 0. The van der Waals surface area contributed by atoms with Gasteiger partial charge >= 0.3 is 6.03 Å². The molecule has 5 N–H and O–H groups in total. The topological polar surface area (TPSA) is 177 Å². The van der Waals surface area contributed by atoms with Crippen molar-refractivity contribution in [2.75, 3.05) is 6.54 Å². The number of para-hydroxylation sites is 1. The third kappa shape index (κ3) is 10.3. The molecule has 1 aliphatic carbocycles. The van der Waals surface area contributed by atoms with E-state index in [0.29, 0.717) is 17.7 Å². The summed E-state index contributed by atoms with van der Waals surface area (Å²) in [4.78, 5) is 82.5. The molecule has 0 bridgehead atoms. The molecule has 5 amide bonds. The summed E-state index contributed by atoms with van der Waals surface area (Å²) in [5.41, 5.74) is 4.89. The number of rotatable bonds is 16. The highest BCUT2D eigenvalue weighted by Crippen LogP contribution is 2.40. The molecule has 2 aliphatic rings. The van der Waals surface area contributed by atoms with E-state index in [1.165, 1.54) is 4.90 Å². The lowest BCUT2D eigenvalue weighted by Gasteiger charge is -2.38. The number of benzene rings is 2. The van der Waals surface area contributed by atoms with Crippen molar-refractivity contribution in [3.8, 4) is 18.1 Å². The number of hydrogen-bond donors (Lipinski definition) is 4. The predicted octanol–water partition coefficient (Wildman–Crippen LogP) is 4.40. The average molecular weight is 742 g/mol. The first-order valence-corrected chi connectivity index (χ1v) is 18.6. The monoisotopic (exact) mass is 741 g/mol. The number of likely N-dealkylation sites (tertiary alicyclic amines) is 1. The van der Waals surface area contributed by atoms with Crippen LogP contribution in [0.1, 0.15) is 90.1 Å². The normalized spacial score (nSPS) is 18.8. The Morgan fingerprint density at radius 2 is 1.54 bits per heavy atom. The number of Topliss-reactive ketones (excluding diaryl/α,β-unsaturated/α-hetero) is 2. The fourth-order valence-corrected chi connectivity index (χ4v) is 6.94. The maximum atomic E-state index is 14.6. The highest BCUT2D eigenvalue weighted by atomic mass is 16.5. The number of primary amides is 1. The Balaban J connectivity index is 1.56. The van der Waals surface area contributed by atoms with Gasteiger partial charge < -0.3 is 31.3 Å². The molecule has 0 radical (unpaired) electrons. The number of carbonyl (C=O) groups is 6. The molecule has 4 rings (SSSR count). The van der Waals surface area contributed by atoms with Crippen molar-refractivity contribution >= 4 is 35.3 Å². The fourth-order valence-electron chi connectivity index (χ4n) is 6.94. The SMILES string of the molecule is C#CC(C)(C)[C@H]1CCN(C(=O)[C@@H](NC(=O)N[C@H](C(=O)c2ccccc2OCc2ccccc2)C(C)C)C(C)(C)C)[C@@H]1C(=O)NC(CC1CC1)C(=O)C(N)=O. The second kappa shape index (κ2) is 17.3. The van der Waals surface area contributed by atoms with Crippen molar-refractivity contribution in [2.24, 2.45) is 34.3 Å². The minimum Gasteiger partial charge on any atom is -0.488 e. The van der Waals surface area contributed by atoms with Crippen LogP contribution in [0.3, 0.4) is 0 Å². The second-order valence-corrected chi connectivity index (χ2v) is 16.5. The molecule has 0 spiro atoms. The van der Waals surface area contributed by atoms with Crippen molar-refractivity contribution in [3.63, 3.8) is 0 Å². The summed E-state index contributed by atoms with van der Waals surface area (Å²) in [5, 5.41) is 8.34. The van der Waals surface area contributed by atoms with Crippen LogP contribution in [0.15, 0.2) is 54.6 Å². The summed E-state index contributed by atoms with van der Waals surface area (Å²) in [5.74, 6) is -1.08. The first-order chi connectivity index (χ1) is 25.3. The summed E-state index contributed by atoms with van der Waals surface area (Å²) in [6, 6.07) is 11.3. The van der Waals surface area contributed by atoms with Gasteiger partial charge in [-0.15, -0.1) is 12.3 Å². The lowest BCUT2D eigenvalue weighted by atomic mass is 9.75. The van der Waals surface area contributed by atoms with Crippen LogP contribution in [0, 0.1) is 40.9 Å². The standard InChI is InChI=1S/C42H55N5O7/c1-9-42(7,8)29-21-22-47(33(29)38(51)44-30(23-26-19-20-26)35(49)37(43)50)39(52)36(41(4,5)6)46-40(53)45-32(25(2)3)34(48)28-17-13-14-18-31(28)54-24-27-15-11-10-12-16-27/h1,10-18,25-26,29-30,32-33,36H,19-24H2,2-8H3,(H2,43,50)(H,44,51)(H2,45,46,53)/t29-,30?,32-,33-,36+/m0/s1. The second-order valence-electron chi connectivity index (χ2n) is 16.5. The molecule has 1 heterocycles. The van der Waals surface area contributed by atoms with Gasteiger partial charge in [-0.1, -0.05) is 89.9 Å². The third-order valence-electron chi connectivity index (χ3n) is 10.4. The zero-order valence-electron chi connectivity index (χ0n) is 32.4. The van der Waals surface area contributed by atoms with Crippen molar-refractivity contribution in [3.05, 3.63) is 65.7 Å². The Bertz CT molecular complexity index is 1760. The average Bonchev–Trinajstić information content (AvgIpc) is 3.83. The minimum atomic E-state index is -1.15. The molecule has 1 unspecified atom stereocenters. The summed E-state index contributed by atoms with van der Waals surface area (Å²) >= 11 is 0. The van der Waals surface area contributed by atoms with Crippen molar-refractivity contribution in [2.45, 2.75) is 105 Å². The van der Waals surface area contributed by atoms with Gasteiger partial charge in [0.25, 0.3) is 5.91 Å². The third-order valence-corrected chi connectivity index (χ3v) is 10.4. The van der Waals surface area contributed by atoms with E-state index in [0.717, 1.165) is 18.4 Å². The minimum absolute atomic E-state index is 0.159. The van der Waals surface area contributed by atoms with Crippen LogP contribution in [0.4, 0.5) is 4.79 Å². The van der Waals surface area contributed by atoms with Gasteiger partial charge in [0.15, 0.2) is 5.78 Å². The van der Waals surface area contributed by atoms with Gasteiger partial charge in [-0.2, -0.15) is 0 Å². The van der Waals surface area contributed by atoms with Gasteiger partial charge in [-0.05, 0) is 61.6 Å². The van der Waals surface area contributed by atoms with Crippen LogP contribution < -0.4 is 26.4 Å². The van der Waals surface area contributed by atoms with Crippen molar-refractivity contribution in [1.29, 1.82) is 0 Å². The molecule has 1 saturated heterocycles. The molecular formula is C42H55N5O7. The molecule has 12 nitrogen and oxygen atoms in total. The first-order valence-electron chi connectivity index (χ1n) is 18.6. The molecule has 2 aromatic carbocycles. The largest absolute Gasteiger partial charge is 0.488 e. The molecular weight excluding hydrogens is 686 g/mol. The van der Waals surface area contributed by atoms with Crippen LogP contribution in [0.5, 0.6) is 5.75 Å². The number of ether oxygens (including phenoxy) is 1. The number of terminal acetylenes is 1. The maximum Gasteiger partial charge on any atom is 0.316 e. The van der Waals surface area contributed by atoms with Crippen LogP contribution in [0.25, 0.3) is 0 Å². The Hall–Kier alpha value is -5.18. The number of hydrogen-bond acceptors (Lipinski definition) is 7. The van der Waals surface area contributed by atoms with Crippen LogP contribution in [-0.2, 0) is 25.8 Å². The lowest BCUT2D eigenvalue weighted by molar-refractivity contribution is -0.144. The number of nitrogens with zero attached hydrogens (tertiary/aromatic N) is 1. The highest BCUT2D eigenvalue weighted by Gasteiger charge is 2.51. The van der Waals surface area contributed by atoms with E-state index in [1.54, 1.807) is 45.0 Å². The van der Waals surface area contributed by atoms with Crippen molar-refractivity contribution in [1.82, 2.24) is 20.9 Å². The van der Waals surface area contributed by atoms with E-state index >= 15 is 0 Å². The summed E-state index contributed by atoms with van der Waals surface area (Å²) < 4.78 is 6.03. The number of urea groups is 1. The van der Waals surface area contributed by atoms with Gasteiger partial charge in [-0.3, -0.25) is 24.0 Å². The zero-order valence-corrected chi connectivity index (χ0v) is 32.4. The molecule has 2 fully saturated rings. The Labute approximate surface area is 318 Å². The van der Waals surface area contributed by atoms with Gasteiger partial charge in [0.2, 0.25) is 17.6 Å². The lowest BCUT2D eigenvalue weighted by Crippen LogP contribution is -2.62. The van der Waals surface area contributed by atoms with E-state index in [9.17, 15) is 28.8 Å². The molecule has 5 atom stereocenters. The number of nitrogens with one attached hydrogen (secondary N) is 3. The Kier molecular flexibility index (Phi) is 13.3. The van der Waals surface area contributed by atoms with E-state index in [-0.39, 0.29) is 37.2 Å². The quantitative estimate of drug-likeness (QED) is 0.112. The first kappa shape index (κ1) is 41.6. The number of amides is 5. The van der Waals surface area contributed by atoms with Crippen LogP contribution in [-0.4, -0.2) is 70.9 Å². The van der Waals surface area contributed by atoms with Crippen LogP contribution in [0.2, 0.25) is 0 Å². The number of nitrogens with two attached hydrogens (primary N) is 1. The zero-order chi connectivity index (χ0) is 40.0. The summed E-state index contributed by atoms with van der Waals surface area (Å²) in [6.07, 6.45) is 8.32. The molecule has 1 saturated carbocycles. The van der Waals surface area contributed by atoms with Gasteiger partial charge in [0, 0.05) is 17.9 Å². The number of carbonyl (C=O) groups excluding carboxylic acids is 6. The van der Waals surface area contributed by atoms with E-state index < -0.39 is 70.5 Å². The molecule has 2 aromatic rings. The summed E-state index contributed by atoms with van der Waals surface area (Å²) in [6.45, 7) is 13.0. The maximum absolute atomic E-state index is 14.6. The van der Waals surface area contributed by atoms with Gasteiger partial charge in [0.1, 0.15) is 24.4 Å². The highest BCUT2D eigenvalue weighted by molar-refractivity contribution is 6.37. The molecule has 0 aromatic heterocycles. The fraction of sp³-hybridized carbons (Fsp3) is 0.524. The van der Waals surface area contributed by atoms with Gasteiger partial charge in [0.05, 0.1) is 17.6 Å². The van der Waals surface area contributed by atoms with E-state index in [2.05, 4.69) is 21.9 Å². The molecule has 54 heavy (non-hydrogen) atoms. The molecule has 1 aliphatic heterocycles. The Morgan fingerprint density at radius 1 is 0.907 bits per heavy atom. The van der Waals surface area contributed by atoms with E-state index in [4.69, 9.17) is 16.9 Å². The smallest absolute Gasteiger partial charge is 0.316 e.